The van der Waals surface area contributed by atoms with Crippen molar-refractivity contribution in [1.29, 1.82) is 0 Å². The summed E-state index contributed by atoms with van der Waals surface area (Å²) in [5, 5.41) is 5.09. The third kappa shape index (κ3) is 6.19. The molecule has 0 amide bonds. The molecule has 1 atom stereocenters. The molecular weight excluding hydrogens is 847 g/mol. The highest BCUT2D eigenvalue weighted by Crippen LogP contribution is 2.62. The van der Waals surface area contributed by atoms with Crippen LogP contribution < -0.4 is 9.80 Å². The SMILES string of the molecule is [2H]C(C)(C)c1ccc(N2c3ccc(C(C)(C)C)cc3C3c4cc(C([2H])(C)C)ccc4N(c4ccc(C(C)(C)C)cc4)c4cc(-n5c6cccc7c6c6c8c(cccc8ccc65)-c5ccccc5-7)cc2c43)cc1. The van der Waals surface area contributed by atoms with Gasteiger partial charge < -0.3 is 14.4 Å². The fraction of sp³-hybridized carbons (Fsp3) is 0.224. The summed E-state index contributed by atoms with van der Waals surface area (Å²) in [6.07, 6.45) is 0. The summed E-state index contributed by atoms with van der Waals surface area (Å²) in [6.45, 7) is 21.7. The summed E-state index contributed by atoms with van der Waals surface area (Å²) in [4.78, 5) is 5.01. The van der Waals surface area contributed by atoms with E-state index in [-0.39, 0.29) is 16.7 Å². The zero-order valence-electron chi connectivity index (χ0n) is 44.1. The molecule has 70 heavy (non-hydrogen) atoms. The Kier molecular flexibility index (Phi) is 8.72. The van der Waals surface area contributed by atoms with Crippen LogP contribution in [-0.2, 0) is 10.8 Å². The Morgan fingerprint density at radius 3 is 1.54 bits per heavy atom. The van der Waals surface area contributed by atoms with Gasteiger partial charge in [-0.25, -0.2) is 0 Å². The minimum Gasteiger partial charge on any atom is -0.310 e. The van der Waals surface area contributed by atoms with Crippen LogP contribution in [0.4, 0.5) is 34.1 Å². The van der Waals surface area contributed by atoms with Crippen molar-refractivity contribution in [3.8, 4) is 27.9 Å². The van der Waals surface area contributed by atoms with Gasteiger partial charge >= 0.3 is 0 Å². The molecule has 1 aliphatic carbocycles. The predicted molar refractivity (Wildman–Crippen MR) is 299 cm³/mol. The first kappa shape index (κ1) is 40.5. The molecule has 0 radical (unpaired) electrons. The van der Waals surface area contributed by atoms with E-state index in [2.05, 4.69) is 226 Å². The van der Waals surface area contributed by atoms with Crippen LogP contribution in [0.1, 0.15) is 129 Å². The number of rotatable bonds is 5. The molecule has 9 aromatic carbocycles. The Labute approximate surface area is 416 Å². The van der Waals surface area contributed by atoms with Gasteiger partial charge in [0.25, 0.3) is 0 Å². The summed E-state index contributed by atoms with van der Waals surface area (Å²) in [7, 11) is 0. The summed E-state index contributed by atoms with van der Waals surface area (Å²) in [5.41, 5.74) is 23.2. The maximum Gasteiger partial charge on any atom is 0.0548 e. The molecule has 10 aromatic rings. The van der Waals surface area contributed by atoms with Crippen molar-refractivity contribution >= 4 is 66.7 Å². The van der Waals surface area contributed by atoms with Gasteiger partial charge in [0.05, 0.1) is 39.5 Å². The molecule has 2 aliphatic heterocycles. The summed E-state index contributed by atoms with van der Waals surface area (Å²) in [5.74, 6) is -1.69. The Balaban J connectivity index is 1.19. The second-order valence-corrected chi connectivity index (χ2v) is 22.6. The van der Waals surface area contributed by atoms with Crippen LogP contribution in [0.2, 0.25) is 0 Å². The first-order valence-corrected chi connectivity index (χ1v) is 25.1. The van der Waals surface area contributed by atoms with Crippen molar-refractivity contribution < 1.29 is 2.74 Å². The summed E-state index contributed by atoms with van der Waals surface area (Å²) in [6, 6.07) is 64.1. The molecule has 0 spiro atoms. The molecule has 0 N–H and O–H groups in total. The topological polar surface area (TPSA) is 11.4 Å². The molecule has 1 unspecified atom stereocenters. The molecule has 3 heterocycles. The molecular formula is C67H61N3. The average Bonchev–Trinajstić information content (AvgIpc) is 3.63. The van der Waals surface area contributed by atoms with Gasteiger partial charge in [0.2, 0.25) is 0 Å². The number of benzene rings is 9. The van der Waals surface area contributed by atoms with E-state index in [1.807, 2.05) is 27.7 Å². The van der Waals surface area contributed by atoms with E-state index in [9.17, 15) is 1.37 Å². The standard InChI is InChI=1S/C67H61N3/c1-39(2)41-21-28-46(29-22-41)68-56-34-27-45(67(8,9)10)36-54(56)62-53-35-43(40(3)4)24-32-55(53)69(47-30-25-44(26-31-47)66(5,6)7)60-38-48(37-59(68)64(60)62)70-57-20-14-19-52-50-17-12-11-16-49(50)51-18-13-15-42-23-33-58(70)65(61(42)51)63(52)57/h11-40,62H,1-10H3/i39D,40D. The highest BCUT2D eigenvalue weighted by Gasteiger charge is 2.42. The van der Waals surface area contributed by atoms with Crippen LogP contribution in [0.3, 0.4) is 0 Å². The number of hydrogen-bond acceptors (Lipinski definition) is 2. The molecule has 3 aliphatic rings. The highest BCUT2D eigenvalue weighted by atomic mass is 15.2. The van der Waals surface area contributed by atoms with Gasteiger partial charge in [-0.05, 0) is 150 Å². The number of hydrogen-bond donors (Lipinski definition) is 0. The fourth-order valence-corrected chi connectivity index (χ4v) is 12.1. The summed E-state index contributed by atoms with van der Waals surface area (Å²) >= 11 is 0. The lowest BCUT2D eigenvalue weighted by Crippen LogP contribution is -2.30. The summed E-state index contributed by atoms with van der Waals surface area (Å²) < 4.78 is 20.9. The maximum atomic E-state index is 9.40. The van der Waals surface area contributed by atoms with Crippen LogP contribution in [0.15, 0.2) is 170 Å². The molecule has 0 saturated heterocycles. The van der Waals surface area contributed by atoms with Gasteiger partial charge in [-0.15, -0.1) is 0 Å². The van der Waals surface area contributed by atoms with Crippen LogP contribution >= 0.6 is 0 Å². The molecule has 344 valence electrons. The fourth-order valence-electron chi connectivity index (χ4n) is 12.1. The van der Waals surface area contributed by atoms with E-state index >= 15 is 0 Å². The first-order chi connectivity index (χ1) is 34.3. The second-order valence-electron chi connectivity index (χ2n) is 22.6. The van der Waals surface area contributed by atoms with Gasteiger partial charge in [-0.1, -0.05) is 178 Å². The van der Waals surface area contributed by atoms with Crippen molar-refractivity contribution in [1.82, 2.24) is 4.57 Å². The zero-order chi connectivity index (χ0) is 50.0. The van der Waals surface area contributed by atoms with Gasteiger partial charge in [0, 0.05) is 36.4 Å². The van der Waals surface area contributed by atoms with Gasteiger partial charge in [0.15, 0.2) is 0 Å². The number of fused-ring (bicyclic) bond motifs is 7. The lowest BCUT2D eigenvalue weighted by atomic mass is 9.73. The normalized spacial score (nSPS) is 15.5. The first-order valence-electron chi connectivity index (χ1n) is 26.1. The predicted octanol–water partition coefficient (Wildman–Crippen LogP) is 19.2. The van der Waals surface area contributed by atoms with E-state index in [0.29, 0.717) is 0 Å². The molecule has 3 heteroatoms. The van der Waals surface area contributed by atoms with E-state index in [0.717, 1.165) is 50.9 Å². The Bertz CT molecular complexity index is 3760. The number of anilines is 6. The average molecular weight is 910 g/mol. The molecule has 1 aromatic heterocycles. The number of nitrogens with zero attached hydrogens (tertiary/aromatic N) is 3. The lowest BCUT2D eigenvalue weighted by molar-refractivity contribution is 0.589. The minimum atomic E-state index is -0.812. The number of aromatic nitrogens is 1. The van der Waals surface area contributed by atoms with Gasteiger partial charge in [-0.2, -0.15) is 0 Å². The van der Waals surface area contributed by atoms with E-state index < -0.39 is 11.8 Å². The smallest absolute Gasteiger partial charge is 0.0548 e. The van der Waals surface area contributed by atoms with Crippen LogP contribution in [-0.4, -0.2) is 4.57 Å². The van der Waals surface area contributed by atoms with Gasteiger partial charge in [-0.3, -0.25) is 0 Å². The highest BCUT2D eigenvalue weighted by molar-refractivity contribution is 6.30. The van der Waals surface area contributed by atoms with Crippen molar-refractivity contribution in [2.24, 2.45) is 0 Å². The molecule has 0 fully saturated rings. The van der Waals surface area contributed by atoms with Crippen molar-refractivity contribution in [3.05, 3.63) is 209 Å². The Morgan fingerprint density at radius 2 is 0.929 bits per heavy atom. The van der Waals surface area contributed by atoms with Crippen LogP contribution in [0.25, 0.3) is 60.5 Å². The Hall–Kier alpha value is -7.36. The van der Waals surface area contributed by atoms with E-state index in [1.54, 1.807) is 0 Å². The lowest BCUT2D eigenvalue weighted by Gasteiger charge is -2.46. The molecule has 0 bridgehead atoms. The molecule has 13 rings (SSSR count). The monoisotopic (exact) mass is 909 g/mol. The molecule has 3 nitrogen and oxygen atoms in total. The van der Waals surface area contributed by atoms with E-state index in [4.69, 9.17) is 1.37 Å². The van der Waals surface area contributed by atoms with E-state index in [1.165, 1.54) is 82.6 Å². The van der Waals surface area contributed by atoms with Crippen molar-refractivity contribution in [3.63, 3.8) is 0 Å². The molecule has 0 saturated carbocycles. The zero-order valence-corrected chi connectivity index (χ0v) is 42.1. The van der Waals surface area contributed by atoms with Crippen LogP contribution in [0, 0.1) is 0 Å². The van der Waals surface area contributed by atoms with Crippen LogP contribution in [0.5, 0.6) is 0 Å². The maximum absolute atomic E-state index is 9.40. The van der Waals surface area contributed by atoms with Gasteiger partial charge in [0.1, 0.15) is 0 Å². The third-order valence-electron chi connectivity index (χ3n) is 15.8. The van der Waals surface area contributed by atoms with Crippen molar-refractivity contribution in [2.75, 3.05) is 9.80 Å². The quantitative estimate of drug-likeness (QED) is 0.170. The third-order valence-corrected chi connectivity index (χ3v) is 15.8. The Morgan fingerprint density at radius 1 is 0.414 bits per heavy atom. The van der Waals surface area contributed by atoms with Crippen molar-refractivity contribution in [2.45, 2.75) is 97.8 Å². The second kappa shape index (κ2) is 15.1. The largest absolute Gasteiger partial charge is 0.310 e. The minimum absolute atomic E-state index is 0.0145.